The van der Waals surface area contributed by atoms with Crippen molar-refractivity contribution < 1.29 is 4.79 Å². The summed E-state index contributed by atoms with van der Waals surface area (Å²) in [7, 11) is 0. The molecule has 0 radical (unpaired) electrons. The Hall–Kier alpha value is -2.43. The minimum atomic E-state index is 0.158. The summed E-state index contributed by atoms with van der Waals surface area (Å²) in [5, 5.41) is 3.21. The molecule has 1 fully saturated rings. The van der Waals surface area contributed by atoms with Crippen molar-refractivity contribution in [1.29, 1.82) is 0 Å². The van der Waals surface area contributed by atoms with Gasteiger partial charge in [0.25, 0.3) is 0 Å². The van der Waals surface area contributed by atoms with Crippen LogP contribution in [0, 0.1) is 0 Å². The first-order chi connectivity index (χ1) is 10.7. The largest absolute Gasteiger partial charge is 0.342 e. The van der Waals surface area contributed by atoms with Gasteiger partial charge in [-0.25, -0.2) is 9.97 Å². The first-order valence-corrected chi connectivity index (χ1v) is 7.62. The minimum absolute atomic E-state index is 0.158. The van der Waals surface area contributed by atoms with Gasteiger partial charge in [0.15, 0.2) is 0 Å². The molecule has 1 atom stereocenters. The number of hydrogen-bond donors (Lipinski definition) is 1. The third kappa shape index (κ3) is 3.42. The molecular weight excluding hydrogens is 276 g/mol. The molecule has 0 unspecified atom stereocenters. The maximum atomic E-state index is 11.6. The Balaban J connectivity index is 1.75. The van der Waals surface area contributed by atoms with Gasteiger partial charge in [-0.2, -0.15) is 0 Å². The number of nitrogens with one attached hydrogen (secondary N) is 1. The van der Waals surface area contributed by atoms with Crippen LogP contribution in [-0.4, -0.2) is 33.9 Å². The molecule has 1 amide bonds. The highest BCUT2D eigenvalue weighted by atomic mass is 16.2. The molecule has 114 valence electrons. The summed E-state index contributed by atoms with van der Waals surface area (Å²) in [4.78, 5) is 22.1. The molecule has 3 heterocycles. The van der Waals surface area contributed by atoms with Gasteiger partial charge in [0.05, 0.1) is 0 Å². The molecule has 5 nitrogen and oxygen atoms in total. The molecule has 1 aliphatic rings. The number of anilines is 2. The number of likely N-dealkylation sites (tertiary alicyclic amines) is 1. The van der Waals surface area contributed by atoms with Crippen molar-refractivity contribution in [3.63, 3.8) is 0 Å². The predicted molar refractivity (Wildman–Crippen MR) is 86.0 cm³/mol. The number of nitrogens with zero attached hydrogens (tertiary/aromatic N) is 3. The fraction of sp³-hybridized carbons (Fsp3) is 0.353. The Bertz CT molecular complexity index is 644. The van der Waals surface area contributed by atoms with E-state index >= 15 is 0 Å². The van der Waals surface area contributed by atoms with Crippen molar-refractivity contribution in [1.82, 2.24) is 14.9 Å². The molecule has 5 heteroatoms. The van der Waals surface area contributed by atoms with Crippen LogP contribution in [0.25, 0.3) is 0 Å². The molecule has 1 N–H and O–H groups in total. The summed E-state index contributed by atoms with van der Waals surface area (Å²) >= 11 is 0. The summed E-state index contributed by atoms with van der Waals surface area (Å²) in [5.41, 5.74) is 1.22. The summed E-state index contributed by atoms with van der Waals surface area (Å²) in [6.07, 6.45) is 5.72. The van der Waals surface area contributed by atoms with Crippen molar-refractivity contribution in [3.05, 3.63) is 48.3 Å². The molecule has 1 saturated heterocycles. The van der Waals surface area contributed by atoms with Gasteiger partial charge in [0.2, 0.25) is 5.91 Å². The lowest BCUT2D eigenvalue weighted by Crippen LogP contribution is -2.37. The van der Waals surface area contributed by atoms with Crippen molar-refractivity contribution in [2.45, 2.75) is 25.7 Å². The number of amides is 1. The molecule has 0 bridgehead atoms. The van der Waals surface area contributed by atoms with E-state index in [-0.39, 0.29) is 5.91 Å². The Morgan fingerprint density at radius 2 is 2.09 bits per heavy atom. The second-order valence-corrected chi connectivity index (χ2v) is 5.62. The molecule has 0 spiro atoms. The third-order valence-corrected chi connectivity index (χ3v) is 4.04. The minimum Gasteiger partial charge on any atom is -0.342 e. The van der Waals surface area contributed by atoms with E-state index in [2.05, 4.69) is 21.4 Å². The monoisotopic (exact) mass is 296 g/mol. The third-order valence-electron chi connectivity index (χ3n) is 4.04. The standard InChI is InChI=1S/C17H20N4O/c1-13(22)21-10-4-5-15(12-21)14-7-9-19-17(11-14)20-16-6-2-3-8-18-16/h2-3,6-9,11,15H,4-5,10,12H2,1H3,(H,18,19,20)/t15-/m1/s1. The highest BCUT2D eigenvalue weighted by Gasteiger charge is 2.23. The fourth-order valence-electron chi connectivity index (χ4n) is 2.87. The number of rotatable bonds is 3. The fourth-order valence-corrected chi connectivity index (χ4v) is 2.87. The van der Waals surface area contributed by atoms with E-state index in [9.17, 15) is 4.79 Å². The van der Waals surface area contributed by atoms with Gasteiger partial charge in [-0.3, -0.25) is 4.79 Å². The normalized spacial score (nSPS) is 18.0. The summed E-state index contributed by atoms with van der Waals surface area (Å²) < 4.78 is 0. The number of aromatic nitrogens is 2. The molecule has 0 aromatic carbocycles. The van der Waals surface area contributed by atoms with E-state index in [0.29, 0.717) is 5.92 Å². The highest BCUT2D eigenvalue weighted by Crippen LogP contribution is 2.28. The SMILES string of the molecule is CC(=O)N1CCC[C@@H](c2ccnc(Nc3ccccn3)c2)C1. The number of pyridine rings is 2. The van der Waals surface area contributed by atoms with Gasteiger partial charge >= 0.3 is 0 Å². The van der Waals surface area contributed by atoms with E-state index in [4.69, 9.17) is 0 Å². The van der Waals surface area contributed by atoms with E-state index in [1.54, 1.807) is 13.1 Å². The maximum absolute atomic E-state index is 11.6. The van der Waals surface area contributed by atoms with Crippen molar-refractivity contribution in [2.75, 3.05) is 18.4 Å². The van der Waals surface area contributed by atoms with Crippen LogP contribution in [0.1, 0.15) is 31.2 Å². The number of carbonyl (C=O) groups excluding carboxylic acids is 1. The molecule has 1 aliphatic heterocycles. The summed E-state index contributed by atoms with van der Waals surface area (Å²) in [5.74, 6) is 2.10. The second-order valence-electron chi connectivity index (χ2n) is 5.62. The molecule has 0 aliphatic carbocycles. The van der Waals surface area contributed by atoms with E-state index in [0.717, 1.165) is 37.6 Å². The maximum Gasteiger partial charge on any atom is 0.219 e. The van der Waals surface area contributed by atoms with Crippen LogP contribution >= 0.6 is 0 Å². The lowest BCUT2D eigenvalue weighted by molar-refractivity contribution is -0.130. The summed E-state index contributed by atoms with van der Waals surface area (Å²) in [6.45, 7) is 3.31. The van der Waals surface area contributed by atoms with Crippen LogP contribution in [-0.2, 0) is 4.79 Å². The molecule has 0 saturated carbocycles. The van der Waals surface area contributed by atoms with Crippen LogP contribution in [0.4, 0.5) is 11.6 Å². The second kappa shape index (κ2) is 6.56. The zero-order valence-corrected chi connectivity index (χ0v) is 12.7. The molecule has 3 rings (SSSR count). The van der Waals surface area contributed by atoms with Gasteiger partial charge in [-0.15, -0.1) is 0 Å². The molecular formula is C17H20N4O. The first kappa shape index (κ1) is 14.5. The first-order valence-electron chi connectivity index (χ1n) is 7.62. The molecule has 2 aromatic rings. The lowest BCUT2D eigenvalue weighted by atomic mass is 9.91. The average molecular weight is 296 g/mol. The highest BCUT2D eigenvalue weighted by molar-refractivity contribution is 5.73. The van der Waals surface area contributed by atoms with E-state index in [1.165, 1.54) is 5.56 Å². The molecule has 22 heavy (non-hydrogen) atoms. The lowest BCUT2D eigenvalue weighted by Gasteiger charge is -2.32. The predicted octanol–water partition coefficient (Wildman–Crippen LogP) is 2.95. The van der Waals surface area contributed by atoms with E-state index < -0.39 is 0 Å². The van der Waals surface area contributed by atoms with Gasteiger partial charge in [-0.05, 0) is 42.7 Å². The zero-order valence-electron chi connectivity index (χ0n) is 12.7. The number of carbonyl (C=O) groups is 1. The number of hydrogen-bond acceptors (Lipinski definition) is 4. The van der Waals surface area contributed by atoms with Crippen molar-refractivity contribution in [2.24, 2.45) is 0 Å². The van der Waals surface area contributed by atoms with Crippen LogP contribution < -0.4 is 5.32 Å². The topological polar surface area (TPSA) is 58.1 Å². The van der Waals surface area contributed by atoms with Crippen LogP contribution in [0.15, 0.2) is 42.7 Å². The Morgan fingerprint density at radius 3 is 2.86 bits per heavy atom. The Kier molecular flexibility index (Phi) is 4.32. The number of piperidine rings is 1. The van der Waals surface area contributed by atoms with Gasteiger partial charge in [0, 0.05) is 38.3 Å². The smallest absolute Gasteiger partial charge is 0.219 e. The molecule has 2 aromatic heterocycles. The van der Waals surface area contributed by atoms with Crippen molar-refractivity contribution in [3.8, 4) is 0 Å². The van der Waals surface area contributed by atoms with Gasteiger partial charge < -0.3 is 10.2 Å². The Morgan fingerprint density at radius 1 is 1.23 bits per heavy atom. The van der Waals surface area contributed by atoms with Crippen LogP contribution in [0.5, 0.6) is 0 Å². The Labute approximate surface area is 130 Å². The summed E-state index contributed by atoms with van der Waals surface area (Å²) in [6, 6.07) is 9.83. The van der Waals surface area contributed by atoms with E-state index in [1.807, 2.05) is 35.4 Å². The zero-order chi connectivity index (χ0) is 15.4. The van der Waals surface area contributed by atoms with Crippen LogP contribution in [0.3, 0.4) is 0 Å². The average Bonchev–Trinajstić information content (AvgIpc) is 2.56. The van der Waals surface area contributed by atoms with Gasteiger partial charge in [0.1, 0.15) is 11.6 Å². The van der Waals surface area contributed by atoms with Gasteiger partial charge in [-0.1, -0.05) is 6.07 Å². The van der Waals surface area contributed by atoms with Crippen LogP contribution in [0.2, 0.25) is 0 Å². The quantitative estimate of drug-likeness (QED) is 0.946. The van der Waals surface area contributed by atoms with Crippen molar-refractivity contribution >= 4 is 17.5 Å².